The standard InChI is InChI=1S/C17H38O7Si3/c1-14(2)22-17(20)15(18)13-16(19)21-11-10-12-27(9,23-25(3,4)5)24-26(6,7)8/h14-15,18H,10-13H2,1-9H3. The summed E-state index contributed by atoms with van der Waals surface area (Å²) in [6, 6.07) is 0.729. The predicted octanol–water partition coefficient (Wildman–Crippen LogP) is 3.40. The minimum absolute atomic E-state index is 0.206. The number of hydrogen-bond donors (Lipinski definition) is 1. The summed E-state index contributed by atoms with van der Waals surface area (Å²) in [7, 11) is -5.86. The molecule has 0 aromatic rings. The van der Waals surface area contributed by atoms with Crippen molar-refractivity contribution >= 4 is 37.1 Å². The Morgan fingerprint density at radius 3 is 1.81 bits per heavy atom. The number of carbonyl (C=O) groups is 2. The van der Waals surface area contributed by atoms with Gasteiger partial charge in [0.05, 0.1) is 19.1 Å². The SMILES string of the molecule is CC(C)OC(=O)C(O)CC(=O)OCCC[Si](C)(O[Si](C)(C)C)O[Si](C)(C)C. The largest absolute Gasteiger partial charge is 0.466 e. The summed E-state index contributed by atoms with van der Waals surface area (Å²) in [5.41, 5.74) is 0. The summed E-state index contributed by atoms with van der Waals surface area (Å²) < 4.78 is 22.8. The maximum absolute atomic E-state index is 11.8. The molecular weight excluding hydrogens is 400 g/mol. The molecule has 1 N–H and O–H groups in total. The van der Waals surface area contributed by atoms with E-state index < -0.39 is 49.7 Å². The van der Waals surface area contributed by atoms with Crippen LogP contribution in [0.15, 0.2) is 0 Å². The van der Waals surface area contributed by atoms with Gasteiger partial charge in [0.2, 0.25) is 0 Å². The van der Waals surface area contributed by atoms with Crippen LogP contribution in [0.2, 0.25) is 51.9 Å². The van der Waals surface area contributed by atoms with E-state index in [9.17, 15) is 14.7 Å². The van der Waals surface area contributed by atoms with Crippen LogP contribution < -0.4 is 0 Å². The Bertz CT molecular complexity index is 468. The summed E-state index contributed by atoms with van der Waals surface area (Å²) in [5, 5.41) is 9.68. The molecule has 10 heteroatoms. The highest BCUT2D eigenvalue weighted by Gasteiger charge is 2.39. The molecule has 0 amide bonds. The first-order valence-electron chi connectivity index (χ1n) is 9.47. The lowest BCUT2D eigenvalue weighted by Crippen LogP contribution is -2.52. The number of hydrogen-bond acceptors (Lipinski definition) is 7. The van der Waals surface area contributed by atoms with E-state index >= 15 is 0 Å². The molecule has 160 valence electrons. The third-order valence-corrected chi connectivity index (χ3v) is 12.7. The van der Waals surface area contributed by atoms with Crippen molar-refractivity contribution in [1.29, 1.82) is 0 Å². The molecule has 0 aliphatic carbocycles. The molecule has 0 rings (SSSR count). The van der Waals surface area contributed by atoms with Crippen molar-refractivity contribution in [2.45, 2.75) is 90.8 Å². The van der Waals surface area contributed by atoms with Crippen LogP contribution in [0.1, 0.15) is 26.7 Å². The van der Waals surface area contributed by atoms with Gasteiger partial charge in [-0.1, -0.05) is 0 Å². The number of esters is 2. The molecule has 0 saturated heterocycles. The highest BCUT2D eigenvalue weighted by atomic mass is 28.5. The van der Waals surface area contributed by atoms with Crippen LogP contribution in [0, 0.1) is 0 Å². The van der Waals surface area contributed by atoms with Gasteiger partial charge in [0.25, 0.3) is 0 Å². The maximum atomic E-state index is 11.8. The van der Waals surface area contributed by atoms with Gasteiger partial charge in [0.15, 0.2) is 22.7 Å². The summed E-state index contributed by atoms with van der Waals surface area (Å²) in [5.74, 6) is -1.43. The van der Waals surface area contributed by atoms with E-state index in [1.807, 2.05) is 0 Å². The third kappa shape index (κ3) is 14.2. The number of aliphatic hydroxyl groups excluding tert-OH is 1. The van der Waals surface area contributed by atoms with Crippen molar-refractivity contribution in [3.8, 4) is 0 Å². The van der Waals surface area contributed by atoms with Crippen molar-refractivity contribution in [2.75, 3.05) is 6.61 Å². The molecule has 0 radical (unpaired) electrons. The van der Waals surface area contributed by atoms with Crippen molar-refractivity contribution < 1.29 is 32.4 Å². The van der Waals surface area contributed by atoms with E-state index in [0.29, 0.717) is 6.42 Å². The van der Waals surface area contributed by atoms with Gasteiger partial charge in [0.1, 0.15) is 0 Å². The van der Waals surface area contributed by atoms with Crippen LogP contribution >= 0.6 is 0 Å². The molecule has 0 aliphatic heterocycles. The van der Waals surface area contributed by atoms with Gasteiger partial charge in [-0.25, -0.2) is 4.79 Å². The third-order valence-electron chi connectivity index (χ3n) is 3.07. The lowest BCUT2D eigenvalue weighted by atomic mass is 10.2. The second-order valence-electron chi connectivity index (χ2n) is 9.09. The summed E-state index contributed by atoms with van der Waals surface area (Å²) in [6.45, 7) is 18.5. The van der Waals surface area contributed by atoms with E-state index in [1.54, 1.807) is 13.8 Å². The molecule has 0 aromatic carbocycles. The minimum Gasteiger partial charge on any atom is -0.466 e. The van der Waals surface area contributed by atoms with Gasteiger partial charge in [0, 0.05) is 0 Å². The average Bonchev–Trinajstić information content (AvgIpc) is 2.38. The van der Waals surface area contributed by atoms with Crippen LogP contribution in [0.3, 0.4) is 0 Å². The van der Waals surface area contributed by atoms with E-state index in [1.165, 1.54) is 0 Å². The van der Waals surface area contributed by atoms with Crippen molar-refractivity contribution in [3.05, 3.63) is 0 Å². The van der Waals surface area contributed by atoms with Crippen molar-refractivity contribution in [1.82, 2.24) is 0 Å². The lowest BCUT2D eigenvalue weighted by Gasteiger charge is -2.38. The van der Waals surface area contributed by atoms with Gasteiger partial charge in [-0.15, -0.1) is 0 Å². The van der Waals surface area contributed by atoms with Crippen molar-refractivity contribution in [2.24, 2.45) is 0 Å². The molecule has 0 saturated carbocycles. The Morgan fingerprint density at radius 2 is 1.41 bits per heavy atom. The maximum Gasteiger partial charge on any atom is 0.335 e. The van der Waals surface area contributed by atoms with Gasteiger partial charge in [-0.2, -0.15) is 0 Å². The molecule has 0 spiro atoms. The molecule has 0 bridgehead atoms. The first-order chi connectivity index (χ1) is 12.0. The zero-order valence-electron chi connectivity index (χ0n) is 18.4. The second-order valence-corrected chi connectivity index (χ2v) is 21.9. The Kier molecular flexibility index (Phi) is 10.6. The highest BCUT2D eigenvalue weighted by Crippen LogP contribution is 2.25. The normalized spacial score (nSPS) is 14.2. The summed E-state index contributed by atoms with van der Waals surface area (Å²) in [6.07, 6.45) is -1.62. The predicted molar refractivity (Wildman–Crippen MR) is 113 cm³/mol. The van der Waals surface area contributed by atoms with E-state index in [0.717, 1.165) is 6.04 Å². The first kappa shape index (κ1) is 26.5. The molecule has 0 aromatic heterocycles. The van der Waals surface area contributed by atoms with Crippen LogP contribution in [-0.4, -0.2) is 61.1 Å². The molecule has 1 atom stereocenters. The Hall–Kier alpha value is -0.529. The van der Waals surface area contributed by atoms with Gasteiger partial charge < -0.3 is 22.8 Å². The second kappa shape index (κ2) is 10.9. The quantitative estimate of drug-likeness (QED) is 0.284. The van der Waals surface area contributed by atoms with E-state index in [2.05, 4.69) is 45.8 Å². The topological polar surface area (TPSA) is 91.3 Å². The summed E-state index contributed by atoms with van der Waals surface area (Å²) in [4.78, 5) is 23.3. The lowest BCUT2D eigenvalue weighted by molar-refractivity contribution is -0.163. The summed E-state index contributed by atoms with van der Waals surface area (Å²) >= 11 is 0. The number of carbonyl (C=O) groups excluding carboxylic acids is 2. The minimum atomic E-state index is -2.35. The zero-order chi connectivity index (χ0) is 21.5. The van der Waals surface area contributed by atoms with Crippen LogP contribution in [-0.2, 0) is 27.3 Å². The fourth-order valence-corrected chi connectivity index (χ4v) is 15.1. The zero-order valence-corrected chi connectivity index (χ0v) is 21.4. The van der Waals surface area contributed by atoms with Crippen molar-refractivity contribution in [3.63, 3.8) is 0 Å². The smallest absolute Gasteiger partial charge is 0.335 e. The molecular formula is C17H38O7Si3. The Balaban J connectivity index is 4.47. The Morgan fingerprint density at radius 1 is 0.926 bits per heavy atom. The number of ether oxygens (including phenoxy) is 2. The van der Waals surface area contributed by atoms with Gasteiger partial charge in [-0.3, -0.25) is 4.79 Å². The monoisotopic (exact) mass is 438 g/mol. The molecule has 1 unspecified atom stereocenters. The van der Waals surface area contributed by atoms with Crippen LogP contribution in [0.4, 0.5) is 0 Å². The fraction of sp³-hybridized carbons (Fsp3) is 0.882. The number of rotatable bonds is 12. The van der Waals surface area contributed by atoms with E-state index in [-0.39, 0.29) is 12.7 Å². The van der Waals surface area contributed by atoms with Crippen LogP contribution in [0.25, 0.3) is 0 Å². The highest BCUT2D eigenvalue weighted by molar-refractivity contribution is 6.87. The molecule has 0 fully saturated rings. The molecule has 0 heterocycles. The Labute approximate surface area is 167 Å². The van der Waals surface area contributed by atoms with Gasteiger partial charge >= 0.3 is 20.5 Å². The first-order valence-corrected chi connectivity index (χ1v) is 18.8. The fourth-order valence-electron chi connectivity index (χ4n) is 2.61. The average molecular weight is 439 g/mol. The number of aliphatic hydroxyl groups is 1. The molecule has 0 aliphatic rings. The molecule has 7 nitrogen and oxygen atoms in total. The van der Waals surface area contributed by atoms with Gasteiger partial charge in [-0.05, 0) is 72.1 Å². The molecule has 27 heavy (non-hydrogen) atoms. The van der Waals surface area contributed by atoms with Crippen LogP contribution in [0.5, 0.6) is 0 Å². The van der Waals surface area contributed by atoms with E-state index in [4.69, 9.17) is 17.7 Å².